The molecule has 2 aromatic carbocycles. The zero-order chi connectivity index (χ0) is 24.1. The van der Waals surface area contributed by atoms with Crippen molar-refractivity contribution in [2.45, 2.75) is 19.5 Å². The summed E-state index contributed by atoms with van der Waals surface area (Å²) in [4.78, 5) is 16.5. The summed E-state index contributed by atoms with van der Waals surface area (Å²) in [5.41, 5.74) is 1.18. The molecule has 0 aliphatic carbocycles. The Labute approximate surface area is 193 Å². The Hall–Kier alpha value is -3.60. The molecule has 0 bridgehead atoms. The maximum Gasteiger partial charge on any atom is 0.320 e. The summed E-state index contributed by atoms with van der Waals surface area (Å²) >= 11 is 0. The third-order valence-electron chi connectivity index (χ3n) is 5.39. The first-order chi connectivity index (χ1) is 16.5. The Morgan fingerprint density at radius 2 is 1.85 bits per heavy atom. The van der Waals surface area contributed by atoms with Crippen LogP contribution in [0, 0.1) is 5.82 Å². The third kappa shape index (κ3) is 5.30. The van der Waals surface area contributed by atoms with Crippen LogP contribution in [0.1, 0.15) is 23.4 Å². The number of para-hydroxylation sites is 1. The molecular formula is C23H23F3N4O4. The van der Waals surface area contributed by atoms with Gasteiger partial charge in [-0.3, -0.25) is 0 Å². The molecular weight excluding hydrogens is 453 g/mol. The number of hydrogen-bond donors (Lipinski definition) is 0. The number of morpholine rings is 1. The van der Waals surface area contributed by atoms with Crippen molar-refractivity contribution in [3.05, 3.63) is 65.3 Å². The van der Waals surface area contributed by atoms with Gasteiger partial charge in [0, 0.05) is 29.8 Å². The molecule has 0 radical (unpaired) electrons. The molecule has 0 saturated carbocycles. The van der Waals surface area contributed by atoms with E-state index in [0.29, 0.717) is 32.1 Å². The summed E-state index contributed by atoms with van der Waals surface area (Å²) in [5, 5.41) is 6.80. The highest BCUT2D eigenvalue weighted by atomic mass is 19.3. The lowest BCUT2D eigenvalue weighted by molar-refractivity contribution is 0.0417. The second kappa shape index (κ2) is 10.6. The number of urea groups is 1. The van der Waals surface area contributed by atoms with Crippen molar-refractivity contribution in [3.8, 4) is 17.2 Å². The van der Waals surface area contributed by atoms with E-state index in [-0.39, 0.29) is 36.1 Å². The largest absolute Gasteiger partial charge is 0.496 e. The second-order valence-electron chi connectivity index (χ2n) is 7.60. The number of alkyl halides is 2. The van der Waals surface area contributed by atoms with Gasteiger partial charge in [0.15, 0.2) is 0 Å². The van der Waals surface area contributed by atoms with Gasteiger partial charge in [0.25, 0.3) is 5.89 Å². The van der Waals surface area contributed by atoms with Crippen LogP contribution in [0.3, 0.4) is 0 Å². The first-order valence-corrected chi connectivity index (χ1v) is 10.6. The molecule has 11 heteroatoms. The highest BCUT2D eigenvalue weighted by molar-refractivity contribution is 5.74. The van der Waals surface area contributed by atoms with Crippen molar-refractivity contribution in [1.29, 1.82) is 0 Å². The van der Waals surface area contributed by atoms with Gasteiger partial charge in [-0.05, 0) is 18.2 Å². The van der Waals surface area contributed by atoms with Crippen molar-refractivity contribution < 1.29 is 31.9 Å². The summed E-state index contributed by atoms with van der Waals surface area (Å²) in [6.45, 7) is 1.91. The monoisotopic (exact) mass is 476 g/mol. The van der Waals surface area contributed by atoms with Crippen molar-refractivity contribution in [2.24, 2.45) is 0 Å². The quantitative estimate of drug-likeness (QED) is 0.507. The number of aromatic nitrogens is 2. The predicted molar refractivity (Wildman–Crippen MR) is 115 cm³/mol. The zero-order valence-electron chi connectivity index (χ0n) is 18.4. The van der Waals surface area contributed by atoms with Gasteiger partial charge in [-0.2, -0.15) is 8.78 Å². The molecule has 1 fully saturated rings. The Kier molecular flexibility index (Phi) is 7.31. The van der Waals surface area contributed by atoms with E-state index in [1.807, 2.05) is 18.2 Å². The zero-order valence-corrected chi connectivity index (χ0v) is 18.4. The molecule has 1 aliphatic rings. The van der Waals surface area contributed by atoms with E-state index in [1.165, 1.54) is 17.0 Å². The average molecular weight is 476 g/mol. The molecule has 180 valence electrons. The molecule has 1 saturated heterocycles. The van der Waals surface area contributed by atoms with Gasteiger partial charge in [-0.1, -0.05) is 24.3 Å². The number of ether oxygens (including phenoxy) is 2. The molecule has 3 aromatic rings. The van der Waals surface area contributed by atoms with Crippen molar-refractivity contribution >= 4 is 6.03 Å². The number of methoxy groups -OCH3 is 1. The molecule has 0 N–H and O–H groups in total. The number of halogens is 3. The number of amides is 2. The Morgan fingerprint density at radius 3 is 2.53 bits per heavy atom. The van der Waals surface area contributed by atoms with Gasteiger partial charge in [-0.25, -0.2) is 9.18 Å². The predicted octanol–water partition coefficient (Wildman–Crippen LogP) is 4.28. The Balaban J connectivity index is 1.59. The highest BCUT2D eigenvalue weighted by Gasteiger charge is 2.25. The molecule has 1 aromatic heterocycles. The number of rotatable bonds is 7. The maximum atomic E-state index is 15.0. The van der Waals surface area contributed by atoms with Gasteiger partial charge in [0.1, 0.15) is 11.6 Å². The standard InChI is InChI=1S/C23H23F3N4O4/c1-32-19-5-3-2-4-17(19)14-30(23(31)29-8-10-33-11-9-29)13-16-7-6-15(12-18(16)24)21-27-28-22(34-21)20(25)26/h2-7,12,20H,8-11,13-14H2,1H3. The fourth-order valence-corrected chi connectivity index (χ4v) is 3.64. The van der Waals surface area contributed by atoms with Crippen molar-refractivity contribution in [3.63, 3.8) is 0 Å². The van der Waals surface area contributed by atoms with E-state index in [2.05, 4.69) is 10.2 Å². The molecule has 0 unspecified atom stereocenters. The van der Waals surface area contributed by atoms with E-state index in [4.69, 9.17) is 13.9 Å². The fourth-order valence-electron chi connectivity index (χ4n) is 3.64. The van der Waals surface area contributed by atoms with Crippen LogP contribution in [0.4, 0.5) is 18.0 Å². The van der Waals surface area contributed by atoms with E-state index in [0.717, 1.165) is 11.6 Å². The van der Waals surface area contributed by atoms with Crippen LogP contribution in [-0.2, 0) is 17.8 Å². The topological polar surface area (TPSA) is 80.9 Å². The lowest BCUT2D eigenvalue weighted by Crippen LogP contribution is -2.47. The van der Waals surface area contributed by atoms with Crippen LogP contribution in [0.5, 0.6) is 5.75 Å². The van der Waals surface area contributed by atoms with Gasteiger partial charge in [0.05, 0.1) is 33.4 Å². The molecule has 0 atom stereocenters. The van der Waals surface area contributed by atoms with Crippen LogP contribution < -0.4 is 4.74 Å². The normalized spacial score (nSPS) is 13.9. The Bertz CT molecular complexity index is 1130. The van der Waals surface area contributed by atoms with Crippen molar-refractivity contribution in [1.82, 2.24) is 20.0 Å². The summed E-state index contributed by atoms with van der Waals surface area (Å²) in [7, 11) is 1.54. The summed E-state index contributed by atoms with van der Waals surface area (Å²) in [5.74, 6) is -1.06. The summed E-state index contributed by atoms with van der Waals surface area (Å²) in [6.07, 6.45) is -2.92. The van der Waals surface area contributed by atoms with Crippen LogP contribution in [0.15, 0.2) is 46.9 Å². The van der Waals surface area contributed by atoms with Gasteiger partial charge >= 0.3 is 12.5 Å². The minimum atomic E-state index is -2.92. The minimum Gasteiger partial charge on any atom is -0.496 e. The molecule has 2 heterocycles. The minimum absolute atomic E-state index is 0.0214. The fraction of sp³-hybridized carbons (Fsp3) is 0.348. The van der Waals surface area contributed by atoms with Gasteiger partial charge in [-0.15, -0.1) is 10.2 Å². The SMILES string of the molecule is COc1ccccc1CN(Cc1ccc(-c2nnc(C(F)F)o2)cc1F)C(=O)N1CCOCC1. The van der Waals surface area contributed by atoms with Gasteiger partial charge in [0.2, 0.25) is 5.89 Å². The number of nitrogens with zero attached hydrogens (tertiary/aromatic N) is 4. The number of carbonyl (C=O) groups is 1. The van der Waals surface area contributed by atoms with Crippen LogP contribution in [0.25, 0.3) is 11.5 Å². The maximum absolute atomic E-state index is 15.0. The van der Waals surface area contributed by atoms with Crippen LogP contribution in [-0.4, -0.2) is 59.4 Å². The molecule has 34 heavy (non-hydrogen) atoms. The Morgan fingerprint density at radius 1 is 1.12 bits per heavy atom. The summed E-state index contributed by atoms with van der Waals surface area (Å²) in [6, 6.07) is 11.1. The number of benzene rings is 2. The van der Waals surface area contributed by atoms with E-state index in [9.17, 15) is 13.6 Å². The highest BCUT2D eigenvalue weighted by Crippen LogP contribution is 2.26. The molecule has 0 spiro atoms. The van der Waals surface area contributed by atoms with E-state index < -0.39 is 18.1 Å². The van der Waals surface area contributed by atoms with Gasteiger partial charge < -0.3 is 23.7 Å². The van der Waals surface area contributed by atoms with Crippen LogP contribution in [0.2, 0.25) is 0 Å². The summed E-state index contributed by atoms with van der Waals surface area (Å²) < 4.78 is 56.1. The molecule has 2 amide bonds. The number of hydrogen-bond acceptors (Lipinski definition) is 6. The molecule has 8 nitrogen and oxygen atoms in total. The first kappa shape index (κ1) is 23.6. The van der Waals surface area contributed by atoms with E-state index >= 15 is 4.39 Å². The van der Waals surface area contributed by atoms with E-state index in [1.54, 1.807) is 18.1 Å². The molecule has 1 aliphatic heterocycles. The third-order valence-corrected chi connectivity index (χ3v) is 5.39. The lowest BCUT2D eigenvalue weighted by atomic mass is 10.1. The molecule has 4 rings (SSSR count). The average Bonchev–Trinajstić information content (AvgIpc) is 3.36. The number of carbonyl (C=O) groups excluding carboxylic acids is 1. The van der Waals surface area contributed by atoms with Crippen molar-refractivity contribution in [2.75, 3.05) is 33.4 Å². The smallest absolute Gasteiger partial charge is 0.320 e. The van der Waals surface area contributed by atoms with Crippen LogP contribution >= 0.6 is 0 Å². The second-order valence-corrected chi connectivity index (χ2v) is 7.60. The first-order valence-electron chi connectivity index (χ1n) is 10.6. The lowest BCUT2D eigenvalue weighted by Gasteiger charge is -2.33.